The minimum absolute atomic E-state index is 0.555. The van der Waals surface area contributed by atoms with Crippen LogP contribution in [-0.2, 0) is 0 Å². The summed E-state index contributed by atoms with van der Waals surface area (Å²) in [7, 11) is 0. The fourth-order valence-corrected chi connectivity index (χ4v) is 9.78. The van der Waals surface area contributed by atoms with Gasteiger partial charge in [0, 0.05) is 59.9 Å². The first-order valence-corrected chi connectivity index (χ1v) is 21.4. The van der Waals surface area contributed by atoms with E-state index in [4.69, 9.17) is 24.9 Å². The Labute approximate surface area is 361 Å². The Bertz CT molecular complexity index is 3560. The van der Waals surface area contributed by atoms with Crippen LogP contribution in [0.5, 0.6) is 0 Å². The van der Waals surface area contributed by atoms with Crippen molar-refractivity contribution in [3.63, 3.8) is 0 Å². The van der Waals surface area contributed by atoms with Gasteiger partial charge in [0.15, 0.2) is 23.3 Å². The zero-order chi connectivity index (χ0) is 41.0. The summed E-state index contributed by atoms with van der Waals surface area (Å²) in [6.07, 6.45) is 0. The summed E-state index contributed by atoms with van der Waals surface area (Å²) >= 11 is 1.73. The third kappa shape index (κ3) is 6.06. The smallest absolute Gasteiger partial charge is 0.164 e. The highest BCUT2D eigenvalue weighted by molar-refractivity contribution is 7.26. The lowest BCUT2D eigenvalue weighted by Crippen LogP contribution is -2.02. The standard InChI is InChI=1S/C55H34N6S/c1-5-18-35(19-6-1)48-51-49(44-27-14-16-31-47(44)62-51)57-54(56-48)38-32-33-40(42-28-17-29-43-41-26-13-15-30-46(41)61(50(42)43)39-24-11-4-12-25-39)45(34-38)55-59-52(36-20-7-2-8-21-36)58-53(60-55)37-22-9-3-10-23-37/h1-34H. The molecule has 62 heavy (non-hydrogen) atoms. The summed E-state index contributed by atoms with van der Waals surface area (Å²) in [5.41, 5.74) is 11.8. The van der Waals surface area contributed by atoms with Crippen LogP contribution in [-0.4, -0.2) is 29.5 Å². The van der Waals surface area contributed by atoms with Crippen molar-refractivity contribution < 1.29 is 0 Å². The van der Waals surface area contributed by atoms with Crippen LogP contribution in [0.25, 0.3) is 116 Å². The predicted octanol–water partition coefficient (Wildman–Crippen LogP) is 14.1. The summed E-state index contributed by atoms with van der Waals surface area (Å²) in [5, 5.41) is 3.46. The van der Waals surface area contributed by atoms with Crippen molar-refractivity contribution in [2.24, 2.45) is 0 Å². The zero-order valence-electron chi connectivity index (χ0n) is 33.2. The molecule has 0 fully saturated rings. The number of thiophene rings is 1. The molecular weight excluding hydrogens is 777 g/mol. The van der Waals surface area contributed by atoms with E-state index in [-0.39, 0.29) is 0 Å². The van der Waals surface area contributed by atoms with E-state index >= 15 is 0 Å². The number of rotatable bonds is 7. The van der Waals surface area contributed by atoms with Crippen molar-refractivity contribution in [1.82, 2.24) is 29.5 Å². The Morgan fingerprint density at radius 3 is 1.63 bits per heavy atom. The van der Waals surface area contributed by atoms with E-state index in [1.807, 2.05) is 66.7 Å². The van der Waals surface area contributed by atoms with Crippen molar-refractivity contribution in [2.45, 2.75) is 0 Å². The molecule has 0 aliphatic heterocycles. The maximum absolute atomic E-state index is 5.38. The second-order valence-corrected chi connectivity index (χ2v) is 16.3. The molecule has 8 aromatic carbocycles. The molecule has 12 aromatic rings. The molecule has 0 saturated heterocycles. The number of benzene rings is 8. The van der Waals surface area contributed by atoms with Gasteiger partial charge in [0.2, 0.25) is 0 Å². The number of hydrogen-bond acceptors (Lipinski definition) is 6. The van der Waals surface area contributed by atoms with Crippen LogP contribution in [0, 0.1) is 0 Å². The normalized spacial score (nSPS) is 11.5. The van der Waals surface area contributed by atoms with Crippen LogP contribution in [0.4, 0.5) is 0 Å². The summed E-state index contributed by atoms with van der Waals surface area (Å²) in [6, 6.07) is 71.5. The highest BCUT2D eigenvalue weighted by Gasteiger charge is 2.23. The largest absolute Gasteiger partial charge is 0.309 e. The Morgan fingerprint density at radius 1 is 0.355 bits per heavy atom. The van der Waals surface area contributed by atoms with Gasteiger partial charge in [-0.1, -0.05) is 176 Å². The summed E-state index contributed by atoms with van der Waals surface area (Å²) in [5.74, 6) is 2.37. The average molecular weight is 811 g/mol. The number of fused-ring (bicyclic) bond motifs is 6. The lowest BCUT2D eigenvalue weighted by molar-refractivity contribution is 1.07. The van der Waals surface area contributed by atoms with E-state index in [0.29, 0.717) is 23.3 Å². The minimum atomic E-state index is 0.555. The molecule has 0 spiro atoms. The van der Waals surface area contributed by atoms with E-state index < -0.39 is 0 Å². The minimum Gasteiger partial charge on any atom is -0.309 e. The van der Waals surface area contributed by atoms with Crippen molar-refractivity contribution in [3.05, 3.63) is 206 Å². The third-order valence-electron chi connectivity index (χ3n) is 11.5. The van der Waals surface area contributed by atoms with E-state index in [1.165, 1.54) is 10.1 Å². The molecule has 0 aliphatic rings. The Hall–Kier alpha value is -8.13. The first-order chi connectivity index (χ1) is 30.7. The number of aromatic nitrogens is 6. The van der Waals surface area contributed by atoms with Crippen LogP contribution in [0.3, 0.4) is 0 Å². The SMILES string of the molecule is c1ccc(-c2nc(-c3ccccc3)nc(-c3cc(-c4nc(-c5ccccc5)c5sc6ccccc6c5n4)ccc3-c3cccc4c5ccccc5n(-c5ccccc5)c34)n2)cc1. The molecule has 4 heterocycles. The molecule has 0 atom stereocenters. The van der Waals surface area contributed by atoms with Gasteiger partial charge in [-0.15, -0.1) is 11.3 Å². The van der Waals surface area contributed by atoms with Gasteiger partial charge in [-0.05, 0) is 35.9 Å². The maximum Gasteiger partial charge on any atom is 0.164 e. The molecule has 0 N–H and O–H groups in total. The molecule has 6 nitrogen and oxygen atoms in total. The van der Waals surface area contributed by atoms with Crippen LogP contribution in [0.15, 0.2) is 206 Å². The molecule has 12 rings (SSSR count). The lowest BCUT2D eigenvalue weighted by atomic mass is 9.94. The Morgan fingerprint density at radius 2 is 0.919 bits per heavy atom. The molecule has 4 aromatic heterocycles. The molecule has 290 valence electrons. The van der Waals surface area contributed by atoms with Crippen molar-refractivity contribution >= 4 is 53.4 Å². The van der Waals surface area contributed by atoms with Gasteiger partial charge >= 0.3 is 0 Å². The molecule has 0 amide bonds. The van der Waals surface area contributed by atoms with E-state index in [1.54, 1.807) is 11.3 Å². The van der Waals surface area contributed by atoms with Gasteiger partial charge in [-0.25, -0.2) is 24.9 Å². The molecule has 0 unspecified atom stereocenters. The molecular formula is C55H34N6S. The highest BCUT2D eigenvalue weighted by Crippen LogP contribution is 2.44. The Balaban J connectivity index is 1.17. The van der Waals surface area contributed by atoms with Crippen LogP contribution in [0.1, 0.15) is 0 Å². The number of hydrogen-bond donors (Lipinski definition) is 0. The topological polar surface area (TPSA) is 69.4 Å². The van der Waals surface area contributed by atoms with Gasteiger partial charge in [-0.3, -0.25) is 0 Å². The van der Waals surface area contributed by atoms with E-state index in [9.17, 15) is 0 Å². The van der Waals surface area contributed by atoms with Crippen LogP contribution in [0.2, 0.25) is 0 Å². The molecule has 7 heteroatoms. The average Bonchev–Trinajstić information content (AvgIpc) is 3.91. The van der Waals surface area contributed by atoms with E-state index in [0.717, 1.165) is 82.3 Å². The fraction of sp³-hybridized carbons (Fsp3) is 0. The van der Waals surface area contributed by atoms with E-state index in [2.05, 4.69) is 144 Å². The van der Waals surface area contributed by atoms with Crippen LogP contribution >= 0.6 is 11.3 Å². The van der Waals surface area contributed by atoms with Crippen molar-refractivity contribution in [1.29, 1.82) is 0 Å². The fourth-order valence-electron chi connectivity index (χ4n) is 8.63. The molecule has 0 saturated carbocycles. The quantitative estimate of drug-likeness (QED) is 0.160. The highest BCUT2D eigenvalue weighted by atomic mass is 32.1. The number of para-hydroxylation sites is 3. The van der Waals surface area contributed by atoms with Gasteiger partial charge in [0.25, 0.3) is 0 Å². The summed E-state index contributed by atoms with van der Waals surface area (Å²) in [4.78, 5) is 26.4. The van der Waals surface area contributed by atoms with Gasteiger partial charge in [0.1, 0.15) is 0 Å². The number of nitrogens with zero attached hydrogens (tertiary/aromatic N) is 6. The molecule has 0 radical (unpaired) electrons. The third-order valence-corrected chi connectivity index (χ3v) is 12.7. The first kappa shape index (κ1) is 35.8. The monoisotopic (exact) mass is 810 g/mol. The second-order valence-electron chi connectivity index (χ2n) is 15.2. The lowest BCUT2D eigenvalue weighted by Gasteiger charge is -2.16. The van der Waals surface area contributed by atoms with Crippen molar-refractivity contribution in [2.75, 3.05) is 0 Å². The van der Waals surface area contributed by atoms with Crippen LogP contribution < -0.4 is 0 Å². The summed E-state index contributed by atoms with van der Waals surface area (Å²) < 4.78 is 4.62. The summed E-state index contributed by atoms with van der Waals surface area (Å²) in [6.45, 7) is 0. The molecule has 0 aliphatic carbocycles. The van der Waals surface area contributed by atoms with Gasteiger partial charge in [-0.2, -0.15) is 0 Å². The predicted molar refractivity (Wildman–Crippen MR) is 255 cm³/mol. The second kappa shape index (κ2) is 14.9. The molecule has 0 bridgehead atoms. The van der Waals surface area contributed by atoms with Crippen molar-refractivity contribution in [3.8, 4) is 73.6 Å². The van der Waals surface area contributed by atoms with Gasteiger partial charge < -0.3 is 4.57 Å². The first-order valence-electron chi connectivity index (χ1n) is 20.6. The zero-order valence-corrected chi connectivity index (χ0v) is 34.0. The van der Waals surface area contributed by atoms with Gasteiger partial charge in [0.05, 0.1) is 26.9 Å². The maximum atomic E-state index is 5.38. The Kier molecular flexibility index (Phi) is 8.57.